The number of ether oxygens (including phenoxy) is 2. The molecule has 0 saturated heterocycles. The fourth-order valence-corrected chi connectivity index (χ4v) is 3.78. The molecule has 32 heavy (non-hydrogen) atoms. The molecule has 0 bridgehead atoms. The predicted octanol–water partition coefficient (Wildman–Crippen LogP) is 4.75. The highest BCUT2D eigenvalue weighted by Gasteiger charge is 2.29. The molecule has 3 aromatic rings. The fraction of sp³-hybridized carbons (Fsp3) is 0.200. The molecule has 1 aliphatic heterocycles. The molecular weight excluding hydrogens is 519 g/mol. The number of aromatic nitrogens is 1. The largest absolute Gasteiger partial charge is 0.459 e. The van der Waals surface area contributed by atoms with Gasteiger partial charge in [-0.15, -0.1) is 0 Å². The molecule has 2 atom stereocenters. The van der Waals surface area contributed by atoms with Gasteiger partial charge < -0.3 is 19.9 Å². The van der Waals surface area contributed by atoms with E-state index in [1.165, 1.54) is 0 Å². The number of carbonyl (C=O) groups excluding carboxylic acids is 1. The summed E-state index contributed by atoms with van der Waals surface area (Å²) < 4.78 is 13.1. The summed E-state index contributed by atoms with van der Waals surface area (Å²) in [7, 11) is 0. The number of hydrogen-bond donors (Lipinski definition) is 2. The summed E-state index contributed by atoms with van der Waals surface area (Å²) in [6.07, 6.45) is 5.11. The van der Waals surface area contributed by atoms with Crippen molar-refractivity contribution in [1.82, 2.24) is 4.98 Å². The number of hydrogen-bond acceptors (Lipinski definition) is 5. The highest BCUT2D eigenvalue weighted by molar-refractivity contribution is 14.1. The van der Waals surface area contributed by atoms with Gasteiger partial charge in [0, 0.05) is 22.1 Å². The Bertz CT molecular complexity index is 1070. The van der Waals surface area contributed by atoms with Gasteiger partial charge in [0.05, 0.1) is 25.1 Å². The zero-order valence-electron chi connectivity index (χ0n) is 17.3. The molecule has 0 radical (unpaired) electrons. The standard InChI is InChI=1S/C25H23IN2O4/c26-21-9-7-19(8-10-21)20-12-23(25(30)28-22-2-1-11-27-14-22)32-24(13-20)31-16-18-5-3-17(15-29)4-6-18/h1-12,14,20,24,29H,13,15-16H2,(H,28,30)/t20-,24+/m1/s1. The molecule has 7 heteroatoms. The Hall–Kier alpha value is -2.75. The number of nitrogens with one attached hydrogen (secondary N) is 1. The van der Waals surface area contributed by atoms with Crippen LogP contribution in [0.3, 0.4) is 0 Å². The topological polar surface area (TPSA) is 80.7 Å². The normalized spacial score (nSPS) is 17.9. The van der Waals surface area contributed by atoms with Crippen LogP contribution < -0.4 is 5.32 Å². The van der Waals surface area contributed by atoms with E-state index in [0.717, 1.165) is 20.3 Å². The van der Waals surface area contributed by atoms with Crippen LogP contribution in [0.4, 0.5) is 5.69 Å². The van der Waals surface area contributed by atoms with Crippen LogP contribution in [0.15, 0.2) is 84.9 Å². The molecule has 164 valence electrons. The molecule has 1 aliphatic rings. The van der Waals surface area contributed by atoms with Gasteiger partial charge in [0.15, 0.2) is 5.76 Å². The molecule has 1 amide bonds. The number of benzene rings is 2. The highest BCUT2D eigenvalue weighted by atomic mass is 127. The molecular formula is C25H23IN2O4. The molecule has 0 fully saturated rings. The van der Waals surface area contributed by atoms with Crippen molar-refractivity contribution < 1.29 is 19.4 Å². The van der Waals surface area contributed by atoms with Gasteiger partial charge in [-0.3, -0.25) is 9.78 Å². The highest BCUT2D eigenvalue weighted by Crippen LogP contribution is 2.32. The molecule has 0 aliphatic carbocycles. The van der Waals surface area contributed by atoms with E-state index in [4.69, 9.17) is 9.47 Å². The summed E-state index contributed by atoms with van der Waals surface area (Å²) >= 11 is 2.27. The van der Waals surface area contributed by atoms with Crippen molar-refractivity contribution in [3.8, 4) is 0 Å². The van der Waals surface area contributed by atoms with E-state index in [-0.39, 0.29) is 24.2 Å². The fourth-order valence-electron chi connectivity index (χ4n) is 3.42. The Morgan fingerprint density at radius 3 is 2.56 bits per heavy atom. The maximum atomic E-state index is 12.9. The molecule has 0 saturated carbocycles. The second-order valence-corrected chi connectivity index (χ2v) is 8.70. The molecule has 0 spiro atoms. The van der Waals surface area contributed by atoms with E-state index >= 15 is 0 Å². The van der Waals surface area contributed by atoms with E-state index in [1.807, 2.05) is 42.5 Å². The lowest BCUT2D eigenvalue weighted by molar-refractivity contribution is -0.147. The van der Waals surface area contributed by atoms with Gasteiger partial charge in [0.25, 0.3) is 5.91 Å². The summed E-state index contributed by atoms with van der Waals surface area (Å²) in [6.45, 7) is 0.345. The molecule has 0 unspecified atom stereocenters. The lowest BCUT2D eigenvalue weighted by Crippen LogP contribution is -2.29. The van der Waals surface area contributed by atoms with E-state index in [9.17, 15) is 9.90 Å². The zero-order chi connectivity index (χ0) is 22.3. The minimum atomic E-state index is -0.573. The average Bonchev–Trinajstić information content (AvgIpc) is 2.84. The van der Waals surface area contributed by atoms with Gasteiger partial charge in [-0.05, 0) is 69.6 Å². The van der Waals surface area contributed by atoms with Crippen LogP contribution in [0.1, 0.15) is 29.0 Å². The third-order valence-corrected chi connectivity index (χ3v) is 5.86. The molecule has 2 heterocycles. The van der Waals surface area contributed by atoms with Gasteiger partial charge in [0.2, 0.25) is 6.29 Å². The Morgan fingerprint density at radius 1 is 1.12 bits per heavy atom. The summed E-state index contributed by atoms with van der Waals surface area (Å²) in [4.78, 5) is 16.9. The number of nitrogens with zero attached hydrogens (tertiary/aromatic N) is 1. The number of anilines is 1. The summed E-state index contributed by atoms with van der Waals surface area (Å²) in [5.41, 5.74) is 3.51. The molecule has 6 nitrogen and oxygen atoms in total. The minimum Gasteiger partial charge on any atom is -0.459 e. The third-order valence-electron chi connectivity index (χ3n) is 5.14. The molecule has 2 N–H and O–H groups in total. The number of aliphatic hydroxyl groups excluding tert-OH is 1. The zero-order valence-corrected chi connectivity index (χ0v) is 19.4. The van der Waals surface area contributed by atoms with Crippen LogP contribution >= 0.6 is 22.6 Å². The average molecular weight is 542 g/mol. The van der Waals surface area contributed by atoms with E-state index in [2.05, 4.69) is 45.0 Å². The lowest BCUT2D eigenvalue weighted by atomic mass is 9.93. The molecule has 2 aromatic carbocycles. The monoisotopic (exact) mass is 542 g/mol. The van der Waals surface area contributed by atoms with E-state index in [0.29, 0.717) is 18.7 Å². The molecule has 4 rings (SSSR count). The number of allylic oxidation sites excluding steroid dienone is 1. The van der Waals surface area contributed by atoms with Crippen LogP contribution in [-0.2, 0) is 27.5 Å². The Kier molecular flexibility index (Phi) is 7.51. The van der Waals surface area contributed by atoms with Gasteiger partial charge in [-0.25, -0.2) is 0 Å². The third kappa shape index (κ3) is 5.93. The summed E-state index contributed by atoms with van der Waals surface area (Å²) in [5, 5.41) is 12.0. The van der Waals surface area contributed by atoms with Gasteiger partial charge in [-0.1, -0.05) is 36.4 Å². The quantitative estimate of drug-likeness (QED) is 0.422. The minimum absolute atomic E-state index is 0.00473. The maximum absolute atomic E-state index is 12.9. The van der Waals surface area contributed by atoms with Crippen LogP contribution in [0.2, 0.25) is 0 Å². The first-order valence-corrected chi connectivity index (χ1v) is 11.3. The van der Waals surface area contributed by atoms with Gasteiger partial charge in [-0.2, -0.15) is 0 Å². The number of pyridine rings is 1. The Labute approximate surface area is 200 Å². The smallest absolute Gasteiger partial charge is 0.290 e. The molecule has 1 aromatic heterocycles. The summed E-state index contributed by atoms with van der Waals surface area (Å²) in [5.74, 6) is -0.129. The predicted molar refractivity (Wildman–Crippen MR) is 129 cm³/mol. The second-order valence-electron chi connectivity index (χ2n) is 7.45. The Morgan fingerprint density at radius 2 is 1.88 bits per heavy atom. The first-order valence-electron chi connectivity index (χ1n) is 10.3. The van der Waals surface area contributed by atoms with E-state index < -0.39 is 6.29 Å². The van der Waals surface area contributed by atoms with Crippen molar-refractivity contribution in [2.24, 2.45) is 0 Å². The van der Waals surface area contributed by atoms with Gasteiger partial charge >= 0.3 is 0 Å². The van der Waals surface area contributed by atoms with E-state index in [1.54, 1.807) is 24.5 Å². The van der Waals surface area contributed by atoms with Crippen molar-refractivity contribution in [2.75, 3.05) is 5.32 Å². The first kappa shape index (κ1) is 22.4. The van der Waals surface area contributed by atoms with Gasteiger partial charge in [0.1, 0.15) is 0 Å². The number of halogens is 1. The number of aliphatic hydroxyl groups is 1. The van der Waals surface area contributed by atoms with Crippen LogP contribution in [0.25, 0.3) is 0 Å². The van der Waals surface area contributed by atoms with Crippen molar-refractivity contribution >= 4 is 34.2 Å². The van der Waals surface area contributed by atoms with Crippen LogP contribution in [0.5, 0.6) is 0 Å². The number of amides is 1. The number of carbonyl (C=O) groups is 1. The number of rotatable bonds is 7. The van der Waals surface area contributed by atoms with Crippen molar-refractivity contribution in [1.29, 1.82) is 0 Å². The van der Waals surface area contributed by atoms with Crippen molar-refractivity contribution in [3.05, 3.63) is 105 Å². The van der Waals surface area contributed by atoms with Crippen LogP contribution in [0, 0.1) is 3.57 Å². The summed E-state index contributed by atoms with van der Waals surface area (Å²) in [6, 6.07) is 19.3. The lowest BCUT2D eigenvalue weighted by Gasteiger charge is -2.29. The Balaban J connectivity index is 1.50. The SMILES string of the molecule is O=C(Nc1cccnc1)C1=C[C@@H](c2ccc(I)cc2)C[C@@H](OCc2ccc(CO)cc2)O1. The van der Waals surface area contributed by atoms with Crippen LogP contribution in [-0.4, -0.2) is 22.3 Å². The second kappa shape index (κ2) is 10.7. The maximum Gasteiger partial charge on any atom is 0.290 e. The van der Waals surface area contributed by atoms with Crippen molar-refractivity contribution in [3.63, 3.8) is 0 Å². The van der Waals surface area contributed by atoms with Crippen molar-refractivity contribution in [2.45, 2.75) is 31.8 Å². The first-order chi connectivity index (χ1) is 15.6.